The van der Waals surface area contributed by atoms with Gasteiger partial charge in [-0.1, -0.05) is 36.4 Å². The van der Waals surface area contributed by atoms with E-state index in [0.29, 0.717) is 12.1 Å². The standard InChI is InChI=1S/C20H20F2N2O/c1-13(23)20(25)24-11-15(14-5-3-2-4-6-14)9-16(12-24)18-10-17(21)7-8-19(18)22/h2-10,13,15H,11-12,23H2,1H3. The Morgan fingerprint density at radius 2 is 1.92 bits per heavy atom. The van der Waals surface area contributed by atoms with Crippen molar-refractivity contribution in [3.8, 4) is 0 Å². The summed E-state index contributed by atoms with van der Waals surface area (Å²) in [5, 5.41) is 0. The topological polar surface area (TPSA) is 46.3 Å². The molecule has 2 atom stereocenters. The largest absolute Gasteiger partial charge is 0.336 e. The highest BCUT2D eigenvalue weighted by molar-refractivity contribution is 5.84. The number of nitrogens with two attached hydrogens (primary N) is 1. The molecule has 3 rings (SSSR count). The van der Waals surface area contributed by atoms with Crippen molar-refractivity contribution < 1.29 is 13.6 Å². The van der Waals surface area contributed by atoms with E-state index in [9.17, 15) is 13.6 Å². The van der Waals surface area contributed by atoms with Crippen molar-refractivity contribution in [1.82, 2.24) is 4.90 Å². The number of carbonyl (C=O) groups excluding carboxylic acids is 1. The van der Waals surface area contributed by atoms with E-state index in [1.165, 1.54) is 6.07 Å². The number of hydrogen-bond acceptors (Lipinski definition) is 2. The molecule has 2 N–H and O–H groups in total. The smallest absolute Gasteiger partial charge is 0.239 e. The zero-order valence-corrected chi connectivity index (χ0v) is 14.0. The molecule has 0 fully saturated rings. The van der Waals surface area contributed by atoms with Crippen molar-refractivity contribution in [2.45, 2.75) is 18.9 Å². The van der Waals surface area contributed by atoms with Gasteiger partial charge in [-0.05, 0) is 36.3 Å². The summed E-state index contributed by atoms with van der Waals surface area (Å²) in [5.41, 5.74) is 7.53. The summed E-state index contributed by atoms with van der Waals surface area (Å²) in [4.78, 5) is 14.0. The Morgan fingerprint density at radius 1 is 1.20 bits per heavy atom. The average Bonchev–Trinajstić information content (AvgIpc) is 2.63. The summed E-state index contributed by atoms with van der Waals surface area (Å²) in [6, 6.07) is 12.4. The first-order valence-corrected chi connectivity index (χ1v) is 8.21. The fourth-order valence-electron chi connectivity index (χ4n) is 3.13. The van der Waals surface area contributed by atoms with Crippen LogP contribution in [-0.2, 0) is 4.79 Å². The van der Waals surface area contributed by atoms with Gasteiger partial charge in [0.25, 0.3) is 0 Å². The lowest BCUT2D eigenvalue weighted by molar-refractivity contribution is -0.131. The van der Waals surface area contributed by atoms with Gasteiger partial charge in [0, 0.05) is 24.6 Å². The minimum absolute atomic E-state index is 0.102. The molecule has 0 saturated carbocycles. The van der Waals surface area contributed by atoms with Crippen LogP contribution < -0.4 is 5.73 Å². The average molecular weight is 342 g/mol. The fraction of sp³-hybridized carbons (Fsp3) is 0.250. The Bertz CT molecular complexity index is 803. The Hall–Kier alpha value is -2.53. The number of amides is 1. The molecule has 1 amide bonds. The van der Waals surface area contributed by atoms with Crippen LogP contribution in [0, 0.1) is 11.6 Å². The summed E-state index contributed by atoms with van der Waals surface area (Å²) in [5.74, 6) is -1.32. The Morgan fingerprint density at radius 3 is 2.60 bits per heavy atom. The minimum atomic E-state index is -0.645. The minimum Gasteiger partial charge on any atom is -0.336 e. The van der Waals surface area contributed by atoms with E-state index in [2.05, 4.69) is 0 Å². The highest BCUT2D eigenvalue weighted by Crippen LogP contribution is 2.31. The number of nitrogens with zero attached hydrogens (tertiary/aromatic N) is 1. The van der Waals surface area contributed by atoms with Crippen molar-refractivity contribution in [2.24, 2.45) is 5.73 Å². The first-order valence-electron chi connectivity index (χ1n) is 8.21. The van der Waals surface area contributed by atoms with E-state index in [1.54, 1.807) is 11.8 Å². The first-order chi connectivity index (χ1) is 12.0. The molecule has 25 heavy (non-hydrogen) atoms. The molecule has 0 spiro atoms. The molecule has 2 unspecified atom stereocenters. The SMILES string of the molecule is CC(N)C(=O)N1CC(c2cc(F)ccc2F)=CC(c2ccccc2)C1. The molecule has 0 radical (unpaired) electrons. The number of rotatable bonds is 3. The monoisotopic (exact) mass is 342 g/mol. The number of carbonyl (C=O) groups is 1. The Labute approximate surface area is 145 Å². The van der Waals surface area contributed by atoms with Crippen molar-refractivity contribution in [3.63, 3.8) is 0 Å². The normalized spacial score (nSPS) is 18.6. The molecular formula is C20H20F2N2O. The van der Waals surface area contributed by atoms with E-state index < -0.39 is 17.7 Å². The molecule has 1 heterocycles. The van der Waals surface area contributed by atoms with E-state index in [0.717, 1.165) is 17.7 Å². The molecule has 2 aromatic carbocycles. The maximum Gasteiger partial charge on any atom is 0.239 e. The van der Waals surface area contributed by atoms with Gasteiger partial charge >= 0.3 is 0 Å². The zero-order chi connectivity index (χ0) is 18.0. The molecule has 130 valence electrons. The lowest BCUT2D eigenvalue weighted by atomic mass is 9.89. The van der Waals surface area contributed by atoms with Gasteiger partial charge in [0.1, 0.15) is 11.6 Å². The molecular weight excluding hydrogens is 322 g/mol. The van der Waals surface area contributed by atoms with Gasteiger partial charge in [0.05, 0.1) is 6.04 Å². The quantitative estimate of drug-likeness (QED) is 0.930. The number of halogens is 2. The molecule has 0 bridgehead atoms. The second kappa shape index (κ2) is 7.15. The van der Waals surface area contributed by atoms with Gasteiger partial charge in [0.2, 0.25) is 5.91 Å². The summed E-state index contributed by atoms with van der Waals surface area (Å²) in [6.07, 6.45) is 1.91. The molecule has 1 aliphatic heterocycles. The number of benzene rings is 2. The van der Waals surface area contributed by atoms with Crippen LogP contribution in [0.5, 0.6) is 0 Å². The maximum atomic E-state index is 14.2. The van der Waals surface area contributed by atoms with Gasteiger partial charge < -0.3 is 10.6 Å². The van der Waals surface area contributed by atoms with E-state index in [1.807, 2.05) is 36.4 Å². The van der Waals surface area contributed by atoms with Crippen LogP contribution in [0.2, 0.25) is 0 Å². The second-order valence-electron chi connectivity index (χ2n) is 6.34. The highest BCUT2D eigenvalue weighted by Gasteiger charge is 2.28. The van der Waals surface area contributed by atoms with Crippen LogP contribution in [-0.4, -0.2) is 29.9 Å². The van der Waals surface area contributed by atoms with Crippen LogP contribution in [0.25, 0.3) is 5.57 Å². The summed E-state index contributed by atoms with van der Waals surface area (Å²) < 4.78 is 27.8. The third-order valence-electron chi connectivity index (χ3n) is 4.38. The summed E-state index contributed by atoms with van der Waals surface area (Å²) >= 11 is 0. The van der Waals surface area contributed by atoms with E-state index in [-0.39, 0.29) is 23.9 Å². The van der Waals surface area contributed by atoms with Crippen LogP contribution in [0.15, 0.2) is 54.6 Å². The van der Waals surface area contributed by atoms with Gasteiger partial charge in [-0.15, -0.1) is 0 Å². The van der Waals surface area contributed by atoms with Gasteiger partial charge in [-0.25, -0.2) is 8.78 Å². The van der Waals surface area contributed by atoms with Crippen LogP contribution >= 0.6 is 0 Å². The van der Waals surface area contributed by atoms with Gasteiger partial charge in [-0.2, -0.15) is 0 Å². The molecule has 5 heteroatoms. The summed E-state index contributed by atoms with van der Waals surface area (Å²) in [7, 11) is 0. The highest BCUT2D eigenvalue weighted by atomic mass is 19.1. The van der Waals surface area contributed by atoms with E-state index in [4.69, 9.17) is 5.73 Å². The van der Waals surface area contributed by atoms with Crippen molar-refractivity contribution in [1.29, 1.82) is 0 Å². The molecule has 0 aliphatic carbocycles. The Kier molecular flexibility index (Phi) is 4.95. The van der Waals surface area contributed by atoms with Gasteiger partial charge in [-0.3, -0.25) is 4.79 Å². The fourth-order valence-corrected chi connectivity index (χ4v) is 3.13. The van der Waals surface area contributed by atoms with Crippen molar-refractivity contribution in [2.75, 3.05) is 13.1 Å². The van der Waals surface area contributed by atoms with Crippen LogP contribution in [0.3, 0.4) is 0 Å². The van der Waals surface area contributed by atoms with Crippen molar-refractivity contribution in [3.05, 3.63) is 77.4 Å². The molecule has 0 aromatic heterocycles. The molecule has 3 nitrogen and oxygen atoms in total. The Balaban J connectivity index is 2.03. The lowest BCUT2D eigenvalue weighted by Gasteiger charge is -2.34. The zero-order valence-electron chi connectivity index (χ0n) is 14.0. The van der Waals surface area contributed by atoms with Crippen molar-refractivity contribution >= 4 is 11.5 Å². The summed E-state index contributed by atoms with van der Waals surface area (Å²) in [6.45, 7) is 2.30. The molecule has 2 aromatic rings. The van der Waals surface area contributed by atoms with Crippen LogP contribution in [0.4, 0.5) is 8.78 Å². The van der Waals surface area contributed by atoms with E-state index >= 15 is 0 Å². The van der Waals surface area contributed by atoms with Gasteiger partial charge in [0.15, 0.2) is 0 Å². The predicted octanol–water partition coefficient (Wildman–Crippen LogP) is 3.32. The number of hydrogen-bond donors (Lipinski definition) is 1. The third kappa shape index (κ3) is 3.77. The predicted molar refractivity (Wildman–Crippen MR) is 93.7 cm³/mol. The maximum absolute atomic E-state index is 14.2. The van der Waals surface area contributed by atoms with Crippen LogP contribution in [0.1, 0.15) is 24.0 Å². The lowest BCUT2D eigenvalue weighted by Crippen LogP contribution is -2.46. The molecule has 1 aliphatic rings. The second-order valence-corrected chi connectivity index (χ2v) is 6.34. The third-order valence-corrected chi connectivity index (χ3v) is 4.38. The molecule has 0 saturated heterocycles. The first kappa shape index (κ1) is 17.3.